The Balaban J connectivity index is 0.00000259. The summed E-state index contributed by atoms with van der Waals surface area (Å²) in [6.45, 7) is 9.66. The second kappa shape index (κ2) is 8.89. The molecule has 8 heteroatoms. The van der Waals surface area contributed by atoms with Crippen LogP contribution in [0.3, 0.4) is 0 Å². The lowest BCUT2D eigenvalue weighted by Crippen LogP contribution is -2.31. The number of hydrogen-bond donors (Lipinski definition) is 1. The standard InChI is InChI=1S/C25H29N5O2.ClH/c1-16(2)32-21-7-5-6-18-8-10-20(26-23(18)21)24-28-27-22-11-9-19(14-30(22)24)17(3)29-13-12-25(4,31)15-29;/h5-11,14,16-17,31H,12-13,15H2,1-4H3;1H/t17-,25?;/m1./s1. The number of likely N-dealkylation sites (tertiary alicyclic amines) is 1. The van der Waals surface area contributed by atoms with Crippen LogP contribution in [-0.4, -0.2) is 54.4 Å². The average Bonchev–Trinajstić information content (AvgIpc) is 3.35. The lowest BCUT2D eigenvalue weighted by Gasteiger charge is -2.26. The second-order valence-corrected chi connectivity index (χ2v) is 9.30. The molecule has 1 aliphatic heterocycles. The Morgan fingerprint density at radius 3 is 2.61 bits per heavy atom. The monoisotopic (exact) mass is 467 g/mol. The number of aromatic nitrogens is 4. The first-order valence-electron chi connectivity index (χ1n) is 11.2. The number of nitrogens with zero attached hydrogens (tertiary/aromatic N) is 5. The number of benzene rings is 1. The molecular formula is C25H30ClN5O2. The fraction of sp³-hybridized carbons (Fsp3) is 0.400. The molecular weight excluding hydrogens is 438 g/mol. The molecule has 3 aromatic heterocycles. The van der Waals surface area contributed by atoms with Gasteiger partial charge in [-0.1, -0.05) is 24.3 Å². The van der Waals surface area contributed by atoms with Gasteiger partial charge in [0.05, 0.1) is 11.7 Å². The molecule has 0 spiro atoms. The molecule has 0 saturated carbocycles. The van der Waals surface area contributed by atoms with Gasteiger partial charge in [-0.05, 0) is 57.9 Å². The molecule has 4 heterocycles. The zero-order chi connectivity index (χ0) is 22.5. The van der Waals surface area contributed by atoms with Crippen LogP contribution in [0.25, 0.3) is 28.1 Å². The van der Waals surface area contributed by atoms with Crippen molar-refractivity contribution in [2.45, 2.75) is 51.9 Å². The summed E-state index contributed by atoms with van der Waals surface area (Å²) in [5, 5.41) is 20.2. The predicted octanol–water partition coefficient (Wildman–Crippen LogP) is 4.67. The van der Waals surface area contributed by atoms with E-state index in [9.17, 15) is 5.11 Å². The third kappa shape index (κ3) is 4.53. The molecule has 1 unspecified atom stereocenters. The zero-order valence-electron chi connectivity index (χ0n) is 19.4. The number of pyridine rings is 2. The number of fused-ring (bicyclic) bond motifs is 2. The second-order valence-electron chi connectivity index (χ2n) is 9.30. The van der Waals surface area contributed by atoms with Gasteiger partial charge in [0.15, 0.2) is 11.5 Å². The highest BCUT2D eigenvalue weighted by Crippen LogP contribution is 2.31. The van der Waals surface area contributed by atoms with E-state index < -0.39 is 5.60 Å². The summed E-state index contributed by atoms with van der Waals surface area (Å²) in [4.78, 5) is 7.21. The number of para-hydroxylation sites is 1. The molecule has 1 saturated heterocycles. The largest absolute Gasteiger partial charge is 0.489 e. The maximum Gasteiger partial charge on any atom is 0.187 e. The van der Waals surface area contributed by atoms with Gasteiger partial charge in [-0.15, -0.1) is 22.6 Å². The molecule has 2 atom stereocenters. The molecule has 1 aromatic carbocycles. The Kier molecular flexibility index (Phi) is 6.31. The van der Waals surface area contributed by atoms with Crippen molar-refractivity contribution < 1.29 is 9.84 Å². The van der Waals surface area contributed by atoms with Gasteiger partial charge in [-0.2, -0.15) is 0 Å². The molecule has 0 bridgehead atoms. The smallest absolute Gasteiger partial charge is 0.187 e. The van der Waals surface area contributed by atoms with Crippen LogP contribution in [0.15, 0.2) is 48.7 Å². The van der Waals surface area contributed by atoms with Crippen LogP contribution in [-0.2, 0) is 0 Å². The van der Waals surface area contributed by atoms with Gasteiger partial charge in [-0.25, -0.2) is 4.98 Å². The minimum Gasteiger partial charge on any atom is -0.489 e. The average molecular weight is 468 g/mol. The van der Waals surface area contributed by atoms with Gasteiger partial charge >= 0.3 is 0 Å². The van der Waals surface area contributed by atoms with Crippen LogP contribution in [0.2, 0.25) is 0 Å². The third-order valence-corrected chi connectivity index (χ3v) is 6.21. The molecule has 33 heavy (non-hydrogen) atoms. The van der Waals surface area contributed by atoms with Crippen molar-refractivity contribution in [1.82, 2.24) is 24.5 Å². The van der Waals surface area contributed by atoms with Crippen molar-refractivity contribution in [3.05, 3.63) is 54.2 Å². The van der Waals surface area contributed by atoms with Gasteiger partial charge in [0.25, 0.3) is 0 Å². The van der Waals surface area contributed by atoms with E-state index in [-0.39, 0.29) is 24.6 Å². The first kappa shape index (κ1) is 23.4. The van der Waals surface area contributed by atoms with E-state index >= 15 is 0 Å². The van der Waals surface area contributed by atoms with Crippen LogP contribution in [0, 0.1) is 0 Å². The fourth-order valence-electron chi connectivity index (χ4n) is 4.44. The molecule has 5 rings (SSSR count). The molecule has 7 nitrogen and oxygen atoms in total. The fourth-order valence-corrected chi connectivity index (χ4v) is 4.44. The predicted molar refractivity (Wildman–Crippen MR) is 132 cm³/mol. The van der Waals surface area contributed by atoms with Crippen LogP contribution in [0.4, 0.5) is 0 Å². The molecule has 1 aliphatic rings. The Morgan fingerprint density at radius 2 is 1.88 bits per heavy atom. The molecule has 0 aliphatic carbocycles. The van der Waals surface area contributed by atoms with E-state index in [1.54, 1.807) is 0 Å². The van der Waals surface area contributed by atoms with Gasteiger partial charge in [0, 0.05) is 30.7 Å². The van der Waals surface area contributed by atoms with Crippen molar-refractivity contribution in [2.75, 3.05) is 13.1 Å². The van der Waals surface area contributed by atoms with E-state index in [0.29, 0.717) is 12.4 Å². The Labute approximate surface area is 199 Å². The van der Waals surface area contributed by atoms with Crippen LogP contribution < -0.4 is 4.74 Å². The van der Waals surface area contributed by atoms with Crippen molar-refractivity contribution in [2.24, 2.45) is 0 Å². The van der Waals surface area contributed by atoms with Crippen molar-refractivity contribution in [3.8, 4) is 17.3 Å². The van der Waals surface area contributed by atoms with Gasteiger partial charge in [0.1, 0.15) is 17.0 Å². The summed E-state index contributed by atoms with van der Waals surface area (Å²) in [7, 11) is 0. The molecule has 0 amide bonds. The number of β-amino-alcohol motifs (C(OH)–C–C–N with tert-alkyl or cyclic N) is 1. The molecule has 4 aromatic rings. The molecule has 0 radical (unpaired) electrons. The Morgan fingerprint density at radius 1 is 1.06 bits per heavy atom. The number of ether oxygens (including phenoxy) is 1. The van der Waals surface area contributed by atoms with Crippen LogP contribution in [0.1, 0.15) is 45.7 Å². The minimum atomic E-state index is -0.620. The molecule has 1 N–H and O–H groups in total. The summed E-state index contributed by atoms with van der Waals surface area (Å²) in [6, 6.07) is 14.3. The molecule has 174 valence electrons. The lowest BCUT2D eigenvalue weighted by atomic mass is 10.1. The number of rotatable bonds is 5. The highest BCUT2D eigenvalue weighted by atomic mass is 35.5. The van der Waals surface area contributed by atoms with Crippen molar-refractivity contribution >= 4 is 29.0 Å². The quantitative estimate of drug-likeness (QED) is 0.459. The SMILES string of the molecule is CC(C)Oc1cccc2ccc(-c3nnc4ccc([C@@H](C)N5CCC(C)(O)C5)cn34)nc12.Cl. The van der Waals surface area contributed by atoms with Crippen molar-refractivity contribution in [1.29, 1.82) is 0 Å². The van der Waals surface area contributed by atoms with E-state index in [2.05, 4.69) is 34.3 Å². The maximum absolute atomic E-state index is 10.4. The minimum absolute atomic E-state index is 0. The Bertz CT molecular complexity index is 1290. The summed E-state index contributed by atoms with van der Waals surface area (Å²) in [6.07, 6.45) is 2.94. The Hall–Kier alpha value is -2.74. The summed E-state index contributed by atoms with van der Waals surface area (Å²) in [5.41, 5.74) is 2.88. The highest BCUT2D eigenvalue weighted by molar-refractivity contribution is 5.86. The summed E-state index contributed by atoms with van der Waals surface area (Å²) in [5.74, 6) is 1.47. The summed E-state index contributed by atoms with van der Waals surface area (Å²) < 4.78 is 7.98. The van der Waals surface area contributed by atoms with Gasteiger partial charge in [0.2, 0.25) is 0 Å². The third-order valence-electron chi connectivity index (χ3n) is 6.21. The highest BCUT2D eigenvalue weighted by Gasteiger charge is 2.34. The topological polar surface area (TPSA) is 75.8 Å². The van der Waals surface area contributed by atoms with Crippen molar-refractivity contribution in [3.63, 3.8) is 0 Å². The van der Waals surface area contributed by atoms with Gasteiger partial charge in [-0.3, -0.25) is 9.30 Å². The number of halogens is 1. The van der Waals surface area contributed by atoms with Crippen LogP contribution >= 0.6 is 12.4 Å². The summed E-state index contributed by atoms with van der Waals surface area (Å²) >= 11 is 0. The maximum atomic E-state index is 10.4. The molecule has 1 fully saturated rings. The lowest BCUT2D eigenvalue weighted by molar-refractivity contribution is 0.0633. The van der Waals surface area contributed by atoms with E-state index in [4.69, 9.17) is 9.72 Å². The first-order chi connectivity index (χ1) is 15.3. The number of hydrogen-bond acceptors (Lipinski definition) is 6. The zero-order valence-corrected chi connectivity index (χ0v) is 20.2. The van der Waals surface area contributed by atoms with E-state index in [1.165, 1.54) is 0 Å². The first-order valence-corrected chi connectivity index (χ1v) is 11.2. The van der Waals surface area contributed by atoms with Gasteiger partial charge < -0.3 is 9.84 Å². The van der Waals surface area contributed by atoms with E-state index in [0.717, 1.165) is 46.5 Å². The van der Waals surface area contributed by atoms with Crippen LogP contribution in [0.5, 0.6) is 5.75 Å². The number of aliphatic hydroxyl groups is 1. The van der Waals surface area contributed by atoms with E-state index in [1.807, 2.05) is 61.6 Å². The normalized spacial score (nSPS) is 19.8.